The van der Waals surface area contributed by atoms with Crippen molar-refractivity contribution in [3.8, 4) is 0 Å². The number of hydrogen-bond acceptors (Lipinski definition) is 2. The SMILES string of the molecule is CCCC(C)(C)c1ccc(SSc2ccc(C(C)(C)C)cc2)cc1. The van der Waals surface area contributed by atoms with Crippen LogP contribution < -0.4 is 0 Å². The molecule has 0 aliphatic carbocycles. The van der Waals surface area contributed by atoms with Gasteiger partial charge in [-0.1, -0.05) is 93.8 Å². The van der Waals surface area contributed by atoms with Gasteiger partial charge in [-0.2, -0.15) is 0 Å². The van der Waals surface area contributed by atoms with Crippen molar-refractivity contribution in [1.29, 1.82) is 0 Å². The van der Waals surface area contributed by atoms with Crippen molar-refractivity contribution in [2.24, 2.45) is 0 Å². The first kappa shape index (κ1) is 19.5. The molecule has 2 rings (SSSR count). The molecule has 0 heterocycles. The summed E-state index contributed by atoms with van der Waals surface area (Å²) in [5.74, 6) is 0. The molecule has 0 nitrogen and oxygen atoms in total. The molecule has 0 unspecified atom stereocenters. The molecular weight excluding hydrogens is 328 g/mol. The maximum atomic E-state index is 2.34. The maximum absolute atomic E-state index is 2.34. The van der Waals surface area contributed by atoms with Gasteiger partial charge in [-0.05, 0) is 52.6 Å². The molecule has 2 aromatic rings. The van der Waals surface area contributed by atoms with Crippen LogP contribution in [0.15, 0.2) is 58.3 Å². The standard InChI is InChI=1S/C22H30S2/c1-7-16-22(5,6)18-10-14-20(15-11-18)24-23-19-12-8-17(9-13-19)21(2,3)4/h8-15H,7,16H2,1-6H3. The van der Waals surface area contributed by atoms with Crippen LogP contribution in [0.1, 0.15) is 65.5 Å². The van der Waals surface area contributed by atoms with Gasteiger partial charge in [-0.3, -0.25) is 0 Å². The van der Waals surface area contributed by atoms with Gasteiger partial charge in [0.15, 0.2) is 0 Å². The average molecular weight is 359 g/mol. The summed E-state index contributed by atoms with van der Waals surface area (Å²) in [6, 6.07) is 18.1. The lowest BCUT2D eigenvalue weighted by Gasteiger charge is -2.24. The van der Waals surface area contributed by atoms with Crippen LogP contribution in [0.2, 0.25) is 0 Å². The van der Waals surface area contributed by atoms with Crippen LogP contribution in [0.4, 0.5) is 0 Å². The lowest BCUT2D eigenvalue weighted by molar-refractivity contribution is 0.473. The Balaban J connectivity index is 1.97. The molecule has 130 valence electrons. The van der Waals surface area contributed by atoms with Crippen molar-refractivity contribution in [1.82, 2.24) is 0 Å². The highest BCUT2D eigenvalue weighted by molar-refractivity contribution is 8.76. The summed E-state index contributed by atoms with van der Waals surface area (Å²) in [6.45, 7) is 13.7. The zero-order valence-corrected chi connectivity index (χ0v) is 17.5. The summed E-state index contributed by atoms with van der Waals surface area (Å²) in [5, 5.41) is 0. The third-order valence-corrected chi connectivity index (χ3v) is 6.88. The zero-order valence-electron chi connectivity index (χ0n) is 15.8. The zero-order chi connectivity index (χ0) is 17.8. The molecule has 0 saturated heterocycles. The second-order valence-electron chi connectivity index (χ2n) is 8.10. The van der Waals surface area contributed by atoms with Gasteiger partial charge in [0.1, 0.15) is 0 Å². The van der Waals surface area contributed by atoms with E-state index < -0.39 is 0 Å². The minimum absolute atomic E-state index is 0.220. The highest BCUT2D eigenvalue weighted by Gasteiger charge is 2.19. The van der Waals surface area contributed by atoms with Crippen LogP contribution in [-0.4, -0.2) is 0 Å². The topological polar surface area (TPSA) is 0 Å². The largest absolute Gasteiger partial charge is 0.0654 e. The molecule has 0 saturated carbocycles. The molecule has 0 bridgehead atoms. The summed E-state index contributed by atoms with van der Waals surface area (Å²) < 4.78 is 0. The molecule has 2 heteroatoms. The van der Waals surface area contributed by atoms with Crippen LogP contribution in [0, 0.1) is 0 Å². The van der Waals surface area contributed by atoms with Gasteiger partial charge in [0, 0.05) is 9.79 Å². The highest BCUT2D eigenvalue weighted by atomic mass is 33.1. The Labute approximate surface area is 156 Å². The van der Waals surface area contributed by atoms with Gasteiger partial charge >= 0.3 is 0 Å². The fourth-order valence-corrected chi connectivity index (χ4v) is 4.77. The van der Waals surface area contributed by atoms with Gasteiger partial charge in [0.25, 0.3) is 0 Å². The van der Waals surface area contributed by atoms with Crippen molar-refractivity contribution in [2.45, 2.75) is 75.0 Å². The van der Waals surface area contributed by atoms with E-state index in [9.17, 15) is 0 Å². The van der Waals surface area contributed by atoms with Gasteiger partial charge in [-0.15, -0.1) is 0 Å². The normalized spacial score (nSPS) is 12.4. The van der Waals surface area contributed by atoms with Crippen molar-refractivity contribution in [3.63, 3.8) is 0 Å². The van der Waals surface area contributed by atoms with Gasteiger partial charge in [-0.25, -0.2) is 0 Å². The second-order valence-corrected chi connectivity index (χ2v) is 10.4. The van der Waals surface area contributed by atoms with Crippen LogP contribution in [0.25, 0.3) is 0 Å². The minimum Gasteiger partial charge on any atom is -0.0654 e. The predicted octanol–water partition coefficient (Wildman–Crippen LogP) is 7.86. The Kier molecular flexibility index (Phi) is 6.50. The molecule has 0 amide bonds. The Morgan fingerprint density at radius 3 is 1.46 bits per heavy atom. The monoisotopic (exact) mass is 358 g/mol. The minimum atomic E-state index is 0.220. The Bertz CT molecular complexity index is 631. The third-order valence-electron chi connectivity index (χ3n) is 4.47. The molecule has 0 atom stereocenters. The summed E-state index contributed by atoms with van der Waals surface area (Å²) in [4.78, 5) is 2.62. The fraction of sp³-hybridized carbons (Fsp3) is 0.455. The summed E-state index contributed by atoms with van der Waals surface area (Å²) in [5.41, 5.74) is 3.32. The molecule has 0 aliphatic heterocycles. The summed E-state index contributed by atoms with van der Waals surface area (Å²) in [6.07, 6.45) is 2.46. The summed E-state index contributed by atoms with van der Waals surface area (Å²) in [7, 11) is 3.67. The number of benzene rings is 2. The predicted molar refractivity (Wildman–Crippen MR) is 111 cm³/mol. The molecule has 2 aromatic carbocycles. The molecule has 0 N–H and O–H groups in total. The van der Waals surface area contributed by atoms with Gasteiger partial charge in [0.2, 0.25) is 0 Å². The molecule has 24 heavy (non-hydrogen) atoms. The quantitative estimate of drug-likeness (QED) is 0.482. The summed E-state index contributed by atoms with van der Waals surface area (Å²) >= 11 is 0. The lowest BCUT2D eigenvalue weighted by atomic mass is 9.81. The van der Waals surface area contributed by atoms with Crippen molar-refractivity contribution in [3.05, 3.63) is 59.7 Å². The van der Waals surface area contributed by atoms with E-state index >= 15 is 0 Å². The van der Waals surface area contributed by atoms with Gasteiger partial charge in [0.05, 0.1) is 0 Å². The molecule has 0 fully saturated rings. The van der Waals surface area contributed by atoms with E-state index in [-0.39, 0.29) is 10.8 Å². The maximum Gasteiger partial charge on any atom is 0.0186 e. The van der Waals surface area contributed by atoms with Crippen molar-refractivity contribution in [2.75, 3.05) is 0 Å². The molecule has 0 spiro atoms. The molecule has 0 radical (unpaired) electrons. The van der Waals surface area contributed by atoms with E-state index in [2.05, 4.69) is 90.1 Å². The van der Waals surface area contributed by atoms with Gasteiger partial charge < -0.3 is 0 Å². The average Bonchev–Trinajstić information content (AvgIpc) is 2.53. The Hall–Kier alpha value is -0.860. The first-order valence-electron chi connectivity index (χ1n) is 8.78. The Morgan fingerprint density at radius 2 is 1.08 bits per heavy atom. The van der Waals surface area contributed by atoms with Crippen molar-refractivity contribution < 1.29 is 0 Å². The van der Waals surface area contributed by atoms with E-state index in [1.54, 1.807) is 0 Å². The number of rotatable bonds is 6. The van der Waals surface area contributed by atoms with E-state index in [1.807, 2.05) is 21.6 Å². The van der Waals surface area contributed by atoms with E-state index in [0.29, 0.717) is 0 Å². The first-order chi connectivity index (χ1) is 11.2. The van der Waals surface area contributed by atoms with Crippen LogP contribution in [0.3, 0.4) is 0 Å². The second kappa shape index (κ2) is 8.01. The van der Waals surface area contributed by atoms with E-state index in [1.165, 1.54) is 33.8 Å². The van der Waals surface area contributed by atoms with Crippen LogP contribution >= 0.6 is 21.6 Å². The lowest BCUT2D eigenvalue weighted by Crippen LogP contribution is -2.16. The molecule has 0 aliphatic rings. The smallest absolute Gasteiger partial charge is 0.0186 e. The first-order valence-corrected chi connectivity index (χ1v) is 10.9. The van der Waals surface area contributed by atoms with Crippen LogP contribution in [0.5, 0.6) is 0 Å². The third kappa shape index (κ3) is 5.32. The van der Waals surface area contributed by atoms with Crippen molar-refractivity contribution >= 4 is 21.6 Å². The fourth-order valence-electron chi connectivity index (χ4n) is 2.84. The molecule has 0 aromatic heterocycles. The highest BCUT2D eigenvalue weighted by Crippen LogP contribution is 2.39. The number of hydrogen-bond donors (Lipinski definition) is 0. The Morgan fingerprint density at radius 1 is 0.667 bits per heavy atom. The molecular formula is C22H30S2. The van der Waals surface area contributed by atoms with E-state index in [4.69, 9.17) is 0 Å². The van der Waals surface area contributed by atoms with E-state index in [0.717, 1.165) is 0 Å². The van der Waals surface area contributed by atoms with Crippen LogP contribution in [-0.2, 0) is 10.8 Å².